The van der Waals surface area contributed by atoms with Gasteiger partial charge in [0.1, 0.15) is 0 Å². The van der Waals surface area contributed by atoms with E-state index in [1.807, 2.05) is 17.5 Å². The molecule has 0 spiro atoms. The third-order valence-corrected chi connectivity index (χ3v) is 8.82. The van der Waals surface area contributed by atoms with Crippen LogP contribution >= 0.6 is 22.9 Å². The molecule has 2 N–H and O–H groups in total. The molecule has 4 aromatic rings. The van der Waals surface area contributed by atoms with Gasteiger partial charge in [0, 0.05) is 61.6 Å². The summed E-state index contributed by atoms with van der Waals surface area (Å²) in [5.74, 6) is 0. The molecule has 0 aliphatic carbocycles. The van der Waals surface area contributed by atoms with Gasteiger partial charge in [-0.05, 0) is 47.5 Å². The fraction of sp³-hybridized carbons (Fsp3) is 0.250. The molecule has 0 radical (unpaired) electrons. The van der Waals surface area contributed by atoms with Crippen molar-refractivity contribution in [1.82, 2.24) is 14.8 Å². The highest BCUT2D eigenvalue weighted by Gasteiger charge is 2.27. The van der Waals surface area contributed by atoms with Crippen molar-refractivity contribution in [3.05, 3.63) is 107 Å². The SMILES string of the molecule is NS(=O)(=O)c1ccc(N(CCN2CCN([C@H](c3ccccc3)c3ccc(Cl)cc3)CC2)c2nccs2)cc1. The molecule has 1 aliphatic heterocycles. The minimum absolute atomic E-state index is 0.102. The van der Waals surface area contributed by atoms with Crippen molar-refractivity contribution in [3.63, 3.8) is 0 Å². The van der Waals surface area contributed by atoms with E-state index in [4.69, 9.17) is 16.7 Å². The zero-order valence-electron chi connectivity index (χ0n) is 20.9. The third-order valence-electron chi connectivity index (χ3n) is 6.84. The molecule has 198 valence electrons. The molecule has 0 amide bonds. The van der Waals surface area contributed by atoms with Crippen LogP contribution in [0.3, 0.4) is 0 Å². The van der Waals surface area contributed by atoms with Crippen LogP contribution in [0.1, 0.15) is 17.2 Å². The van der Waals surface area contributed by atoms with Gasteiger partial charge in [-0.15, -0.1) is 11.3 Å². The highest BCUT2D eigenvalue weighted by atomic mass is 35.5. The van der Waals surface area contributed by atoms with E-state index < -0.39 is 10.0 Å². The Bertz CT molecular complexity index is 1410. The van der Waals surface area contributed by atoms with E-state index >= 15 is 0 Å². The first-order valence-electron chi connectivity index (χ1n) is 12.5. The van der Waals surface area contributed by atoms with E-state index in [1.54, 1.807) is 41.8 Å². The van der Waals surface area contributed by atoms with Gasteiger partial charge in [-0.3, -0.25) is 9.80 Å². The number of hydrogen-bond acceptors (Lipinski definition) is 7. The van der Waals surface area contributed by atoms with Gasteiger partial charge in [0.05, 0.1) is 10.9 Å². The fourth-order valence-electron chi connectivity index (χ4n) is 4.88. The summed E-state index contributed by atoms with van der Waals surface area (Å²) in [5, 5.41) is 8.84. The van der Waals surface area contributed by atoms with Crippen molar-refractivity contribution >= 4 is 43.8 Å². The number of rotatable bonds is 9. The highest BCUT2D eigenvalue weighted by Crippen LogP contribution is 2.31. The molecule has 10 heteroatoms. The zero-order chi connectivity index (χ0) is 26.5. The van der Waals surface area contributed by atoms with Crippen LogP contribution in [-0.2, 0) is 10.0 Å². The number of nitrogens with zero attached hydrogens (tertiary/aromatic N) is 4. The predicted octanol–water partition coefficient (Wildman–Crippen LogP) is 4.99. The molecular formula is C28H30ClN5O2S2. The topological polar surface area (TPSA) is 82.8 Å². The Morgan fingerprint density at radius 1 is 0.921 bits per heavy atom. The molecule has 5 rings (SSSR count). The van der Waals surface area contributed by atoms with Crippen LogP contribution in [0.25, 0.3) is 0 Å². The van der Waals surface area contributed by atoms with E-state index in [1.165, 1.54) is 11.1 Å². The van der Waals surface area contributed by atoms with Crippen molar-refractivity contribution < 1.29 is 8.42 Å². The maximum Gasteiger partial charge on any atom is 0.238 e. The Hall–Kier alpha value is -2.79. The molecule has 1 saturated heterocycles. The average molecular weight is 568 g/mol. The number of thiazole rings is 1. The zero-order valence-corrected chi connectivity index (χ0v) is 23.2. The lowest BCUT2D eigenvalue weighted by Gasteiger charge is -2.40. The van der Waals surface area contributed by atoms with E-state index in [0.717, 1.165) is 55.1 Å². The standard InChI is InChI=1S/C28H30ClN5O2S2/c29-24-8-6-23(7-9-24)27(22-4-2-1-3-5-22)33-18-15-32(16-19-33)17-20-34(28-31-14-21-37-28)25-10-12-26(13-11-25)38(30,35)36/h1-14,21,27H,15-20H2,(H2,30,35,36)/t27-/m1/s1. The maximum absolute atomic E-state index is 11.7. The molecule has 2 heterocycles. The molecule has 0 bridgehead atoms. The fourth-order valence-corrected chi connectivity index (χ4v) is 6.21. The van der Waals surface area contributed by atoms with Crippen LogP contribution in [-0.4, -0.2) is 62.5 Å². The number of sulfonamides is 1. The smallest absolute Gasteiger partial charge is 0.238 e. The third kappa shape index (κ3) is 6.43. The van der Waals surface area contributed by atoms with Crippen molar-refractivity contribution in [3.8, 4) is 0 Å². The molecule has 0 saturated carbocycles. The van der Waals surface area contributed by atoms with Crippen LogP contribution in [0.5, 0.6) is 0 Å². The van der Waals surface area contributed by atoms with Crippen molar-refractivity contribution in [1.29, 1.82) is 0 Å². The normalized spacial score (nSPS) is 15.8. The summed E-state index contributed by atoms with van der Waals surface area (Å²) in [7, 11) is -3.73. The van der Waals surface area contributed by atoms with Gasteiger partial charge in [-0.25, -0.2) is 18.5 Å². The summed E-state index contributed by atoms with van der Waals surface area (Å²) < 4.78 is 23.4. The number of benzene rings is 3. The Morgan fingerprint density at radius 2 is 1.58 bits per heavy atom. The summed E-state index contributed by atoms with van der Waals surface area (Å²) >= 11 is 7.73. The molecule has 7 nitrogen and oxygen atoms in total. The van der Waals surface area contributed by atoms with Gasteiger partial charge in [0.15, 0.2) is 5.13 Å². The van der Waals surface area contributed by atoms with Crippen molar-refractivity contribution in [2.75, 3.05) is 44.2 Å². The number of primary sulfonamides is 1. The number of piperazine rings is 1. The van der Waals surface area contributed by atoms with Crippen LogP contribution in [0, 0.1) is 0 Å². The van der Waals surface area contributed by atoms with Crippen molar-refractivity contribution in [2.45, 2.75) is 10.9 Å². The largest absolute Gasteiger partial charge is 0.317 e. The number of halogens is 1. The lowest BCUT2D eigenvalue weighted by atomic mass is 9.96. The monoisotopic (exact) mass is 567 g/mol. The first-order chi connectivity index (χ1) is 18.4. The van der Waals surface area contributed by atoms with Gasteiger partial charge >= 0.3 is 0 Å². The quantitative estimate of drug-likeness (QED) is 0.307. The Morgan fingerprint density at radius 3 is 2.18 bits per heavy atom. The highest BCUT2D eigenvalue weighted by molar-refractivity contribution is 7.89. The van der Waals surface area contributed by atoms with E-state index in [0.29, 0.717) is 0 Å². The second-order valence-corrected chi connectivity index (χ2v) is 12.1. The van der Waals surface area contributed by atoms with Crippen LogP contribution in [0.2, 0.25) is 5.02 Å². The van der Waals surface area contributed by atoms with Crippen LogP contribution in [0.15, 0.2) is 95.3 Å². The number of nitrogens with two attached hydrogens (primary N) is 1. The molecule has 3 aromatic carbocycles. The van der Waals surface area contributed by atoms with Crippen LogP contribution in [0.4, 0.5) is 10.8 Å². The average Bonchev–Trinajstić information content (AvgIpc) is 3.46. The molecule has 1 aromatic heterocycles. The number of hydrogen-bond donors (Lipinski definition) is 1. The number of anilines is 2. The molecule has 1 fully saturated rings. The minimum Gasteiger partial charge on any atom is -0.317 e. The Balaban J connectivity index is 1.26. The molecule has 38 heavy (non-hydrogen) atoms. The van der Waals surface area contributed by atoms with E-state index in [2.05, 4.69) is 62.1 Å². The van der Waals surface area contributed by atoms with Gasteiger partial charge in [-0.2, -0.15) is 0 Å². The second kappa shape index (κ2) is 11.9. The maximum atomic E-state index is 11.7. The first-order valence-corrected chi connectivity index (χ1v) is 15.3. The predicted molar refractivity (Wildman–Crippen MR) is 155 cm³/mol. The van der Waals surface area contributed by atoms with Gasteiger partial charge in [-0.1, -0.05) is 54.1 Å². The van der Waals surface area contributed by atoms with Gasteiger partial charge in [0.25, 0.3) is 0 Å². The second-order valence-electron chi connectivity index (χ2n) is 9.25. The number of aromatic nitrogens is 1. The Kier molecular flexibility index (Phi) is 8.42. The summed E-state index contributed by atoms with van der Waals surface area (Å²) in [6, 6.07) is 25.7. The summed E-state index contributed by atoms with van der Waals surface area (Å²) in [4.78, 5) is 11.7. The Labute approximate surface area is 233 Å². The van der Waals surface area contributed by atoms with E-state index in [9.17, 15) is 8.42 Å². The lowest BCUT2D eigenvalue weighted by molar-refractivity contribution is 0.111. The molecule has 0 unspecified atom stereocenters. The van der Waals surface area contributed by atoms with Gasteiger partial charge in [0.2, 0.25) is 10.0 Å². The molecular weight excluding hydrogens is 538 g/mol. The summed E-state index contributed by atoms with van der Waals surface area (Å²) in [6.07, 6.45) is 1.78. The molecule has 1 atom stereocenters. The van der Waals surface area contributed by atoms with E-state index in [-0.39, 0.29) is 10.9 Å². The molecule has 1 aliphatic rings. The first kappa shape index (κ1) is 26.8. The van der Waals surface area contributed by atoms with Gasteiger partial charge < -0.3 is 4.90 Å². The summed E-state index contributed by atoms with van der Waals surface area (Å²) in [5.41, 5.74) is 3.41. The summed E-state index contributed by atoms with van der Waals surface area (Å²) in [6.45, 7) is 5.40. The minimum atomic E-state index is -3.73. The lowest BCUT2D eigenvalue weighted by Crippen LogP contribution is -2.49. The van der Waals surface area contributed by atoms with Crippen LogP contribution < -0.4 is 10.0 Å². The van der Waals surface area contributed by atoms with Crippen molar-refractivity contribution in [2.24, 2.45) is 5.14 Å².